The van der Waals surface area contributed by atoms with Crippen molar-refractivity contribution in [3.8, 4) is 0 Å². The molecule has 1 aromatic heterocycles. The molecule has 29 heavy (non-hydrogen) atoms. The van der Waals surface area contributed by atoms with E-state index in [2.05, 4.69) is 25.9 Å². The molecule has 0 fully saturated rings. The molecular formula is C21H21N5O3. The van der Waals surface area contributed by atoms with Crippen molar-refractivity contribution < 1.29 is 14.3 Å². The summed E-state index contributed by atoms with van der Waals surface area (Å²) in [4.78, 5) is 31.7. The molecule has 0 atom stereocenters. The van der Waals surface area contributed by atoms with Gasteiger partial charge >= 0.3 is 5.97 Å². The number of benzene rings is 2. The molecule has 8 nitrogen and oxygen atoms in total. The Morgan fingerprint density at radius 2 is 1.62 bits per heavy atom. The van der Waals surface area contributed by atoms with E-state index in [0.717, 1.165) is 17.1 Å². The van der Waals surface area contributed by atoms with Gasteiger partial charge in [-0.15, -0.1) is 0 Å². The Kier molecular flexibility index (Phi) is 6.03. The Hall–Kier alpha value is -3.94. The Balaban J connectivity index is 1.76. The molecule has 0 unspecified atom stereocenters. The maximum absolute atomic E-state index is 11.7. The first kappa shape index (κ1) is 19.8. The monoisotopic (exact) mass is 391 g/mol. The van der Waals surface area contributed by atoms with Crippen LogP contribution in [0.25, 0.3) is 0 Å². The van der Waals surface area contributed by atoms with Gasteiger partial charge in [0, 0.05) is 35.7 Å². The van der Waals surface area contributed by atoms with Gasteiger partial charge in [0.1, 0.15) is 5.82 Å². The van der Waals surface area contributed by atoms with Crippen LogP contribution in [0.5, 0.6) is 0 Å². The van der Waals surface area contributed by atoms with Gasteiger partial charge in [-0.25, -0.2) is 9.78 Å². The van der Waals surface area contributed by atoms with Crippen LogP contribution >= 0.6 is 0 Å². The summed E-state index contributed by atoms with van der Waals surface area (Å²) in [5, 5.41) is 9.04. The van der Waals surface area contributed by atoms with Crippen LogP contribution in [-0.4, -0.2) is 29.0 Å². The zero-order valence-electron chi connectivity index (χ0n) is 16.3. The van der Waals surface area contributed by atoms with Crippen LogP contribution in [0.1, 0.15) is 23.0 Å². The molecule has 3 N–H and O–H groups in total. The predicted molar refractivity (Wildman–Crippen MR) is 112 cm³/mol. The Morgan fingerprint density at radius 1 is 0.897 bits per heavy atom. The minimum Gasteiger partial charge on any atom is -0.465 e. The average molecular weight is 391 g/mol. The number of esters is 1. The van der Waals surface area contributed by atoms with Gasteiger partial charge in [0.15, 0.2) is 0 Å². The van der Waals surface area contributed by atoms with Crippen molar-refractivity contribution in [2.24, 2.45) is 0 Å². The lowest BCUT2D eigenvalue weighted by Crippen LogP contribution is -2.06. The first-order valence-corrected chi connectivity index (χ1v) is 8.89. The molecule has 3 aromatic rings. The smallest absolute Gasteiger partial charge is 0.337 e. The summed E-state index contributed by atoms with van der Waals surface area (Å²) in [5.41, 5.74) is 3.40. The molecule has 148 valence electrons. The number of nitrogens with zero attached hydrogens (tertiary/aromatic N) is 2. The number of aryl methyl sites for hydroxylation is 1. The van der Waals surface area contributed by atoms with E-state index in [4.69, 9.17) is 4.74 Å². The number of carbonyl (C=O) groups excluding carboxylic acids is 2. The van der Waals surface area contributed by atoms with Gasteiger partial charge in [-0.2, -0.15) is 4.98 Å². The number of hydrogen-bond acceptors (Lipinski definition) is 7. The first-order valence-electron chi connectivity index (χ1n) is 8.89. The summed E-state index contributed by atoms with van der Waals surface area (Å²) >= 11 is 0. The molecule has 8 heteroatoms. The molecule has 0 saturated heterocycles. The third kappa shape index (κ3) is 5.52. The van der Waals surface area contributed by atoms with E-state index in [1.165, 1.54) is 14.0 Å². The molecule has 1 amide bonds. The number of aromatic nitrogens is 2. The lowest BCUT2D eigenvalue weighted by atomic mass is 10.2. The number of nitrogens with one attached hydrogen (secondary N) is 3. The molecule has 0 aliphatic heterocycles. The molecule has 0 bridgehead atoms. The van der Waals surface area contributed by atoms with Crippen molar-refractivity contribution in [1.29, 1.82) is 0 Å². The molecule has 0 spiro atoms. The second-order valence-electron chi connectivity index (χ2n) is 6.30. The van der Waals surface area contributed by atoms with Gasteiger partial charge in [-0.1, -0.05) is 6.07 Å². The van der Waals surface area contributed by atoms with Crippen LogP contribution in [-0.2, 0) is 9.53 Å². The number of carbonyl (C=O) groups is 2. The number of rotatable bonds is 6. The Labute approximate surface area is 168 Å². The number of methoxy groups -OCH3 is 1. The quantitative estimate of drug-likeness (QED) is 0.545. The topological polar surface area (TPSA) is 105 Å². The predicted octanol–water partition coefficient (Wildman–Crippen LogP) is 4.02. The van der Waals surface area contributed by atoms with Crippen LogP contribution in [0.2, 0.25) is 0 Å². The fourth-order valence-corrected chi connectivity index (χ4v) is 2.65. The highest BCUT2D eigenvalue weighted by molar-refractivity contribution is 5.90. The number of ether oxygens (including phenoxy) is 1. The maximum Gasteiger partial charge on any atom is 0.337 e. The second kappa shape index (κ2) is 8.83. The standard InChI is InChI=1S/C21H21N5O3/c1-13-11-19(24-17-9-7-16(8-10-17)23-14(2)27)26-21(22-13)25-18-6-4-5-15(12-18)20(28)29-3/h4-12H,1-3H3,(H,23,27)(H2,22,24,25,26). The summed E-state index contributed by atoms with van der Waals surface area (Å²) < 4.78 is 4.74. The molecule has 3 rings (SSSR count). The van der Waals surface area contributed by atoms with E-state index < -0.39 is 5.97 Å². The largest absolute Gasteiger partial charge is 0.465 e. The van der Waals surface area contributed by atoms with Crippen molar-refractivity contribution >= 4 is 40.7 Å². The van der Waals surface area contributed by atoms with Gasteiger partial charge in [-0.05, 0) is 49.4 Å². The van der Waals surface area contributed by atoms with Gasteiger partial charge < -0.3 is 20.7 Å². The van der Waals surface area contributed by atoms with Crippen LogP contribution in [0, 0.1) is 6.92 Å². The zero-order valence-corrected chi connectivity index (χ0v) is 16.3. The lowest BCUT2D eigenvalue weighted by Gasteiger charge is -2.11. The molecule has 0 aliphatic carbocycles. The third-order valence-corrected chi connectivity index (χ3v) is 3.87. The first-order chi connectivity index (χ1) is 13.9. The minimum absolute atomic E-state index is 0.121. The maximum atomic E-state index is 11.7. The van der Waals surface area contributed by atoms with E-state index in [1.54, 1.807) is 30.3 Å². The normalized spacial score (nSPS) is 10.2. The highest BCUT2D eigenvalue weighted by atomic mass is 16.5. The Morgan fingerprint density at radius 3 is 2.31 bits per heavy atom. The van der Waals surface area contributed by atoms with E-state index in [9.17, 15) is 9.59 Å². The fraction of sp³-hybridized carbons (Fsp3) is 0.143. The summed E-state index contributed by atoms with van der Waals surface area (Å²) in [5.74, 6) is 0.466. The van der Waals surface area contributed by atoms with Gasteiger partial charge in [0.25, 0.3) is 0 Å². The number of anilines is 5. The third-order valence-electron chi connectivity index (χ3n) is 3.87. The van der Waals surface area contributed by atoms with Crippen molar-refractivity contribution in [3.63, 3.8) is 0 Å². The summed E-state index contributed by atoms with van der Waals surface area (Å²) in [6.45, 7) is 3.33. The van der Waals surface area contributed by atoms with Crippen molar-refractivity contribution in [1.82, 2.24) is 9.97 Å². The fourth-order valence-electron chi connectivity index (χ4n) is 2.65. The van der Waals surface area contributed by atoms with Crippen molar-refractivity contribution in [3.05, 3.63) is 65.9 Å². The number of amides is 1. The highest BCUT2D eigenvalue weighted by Crippen LogP contribution is 2.21. The molecule has 1 heterocycles. The van der Waals surface area contributed by atoms with Crippen LogP contribution in [0.3, 0.4) is 0 Å². The van der Waals surface area contributed by atoms with E-state index in [1.807, 2.05) is 31.2 Å². The van der Waals surface area contributed by atoms with Gasteiger partial charge in [0.05, 0.1) is 12.7 Å². The summed E-state index contributed by atoms with van der Waals surface area (Å²) in [6, 6.07) is 16.0. The van der Waals surface area contributed by atoms with Crippen LogP contribution < -0.4 is 16.0 Å². The van der Waals surface area contributed by atoms with Gasteiger partial charge in [-0.3, -0.25) is 4.79 Å². The molecule has 0 radical (unpaired) electrons. The molecule has 0 saturated carbocycles. The Bertz CT molecular complexity index is 1030. The van der Waals surface area contributed by atoms with Crippen molar-refractivity contribution in [2.45, 2.75) is 13.8 Å². The van der Waals surface area contributed by atoms with E-state index >= 15 is 0 Å². The summed E-state index contributed by atoms with van der Waals surface area (Å²) in [7, 11) is 1.34. The van der Waals surface area contributed by atoms with E-state index in [-0.39, 0.29) is 5.91 Å². The lowest BCUT2D eigenvalue weighted by molar-refractivity contribution is -0.114. The van der Waals surface area contributed by atoms with Crippen LogP contribution in [0.4, 0.5) is 28.8 Å². The molecule has 2 aromatic carbocycles. The zero-order chi connectivity index (χ0) is 20.8. The SMILES string of the molecule is COC(=O)c1cccc(Nc2nc(C)cc(Nc3ccc(NC(C)=O)cc3)n2)c1. The summed E-state index contributed by atoms with van der Waals surface area (Å²) in [6.07, 6.45) is 0. The minimum atomic E-state index is -0.413. The molecule has 0 aliphatic rings. The van der Waals surface area contributed by atoms with Crippen LogP contribution in [0.15, 0.2) is 54.6 Å². The highest BCUT2D eigenvalue weighted by Gasteiger charge is 2.08. The average Bonchev–Trinajstić information content (AvgIpc) is 2.68. The van der Waals surface area contributed by atoms with E-state index in [0.29, 0.717) is 23.0 Å². The molecular weight excluding hydrogens is 370 g/mol. The second-order valence-corrected chi connectivity index (χ2v) is 6.30. The van der Waals surface area contributed by atoms with Gasteiger partial charge in [0.2, 0.25) is 11.9 Å². The van der Waals surface area contributed by atoms with Crippen molar-refractivity contribution in [2.75, 3.05) is 23.1 Å². The number of hydrogen-bond donors (Lipinski definition) is 3.